The number of rotatable bonds is 7. The molecule has 3 rings (SSSR count). The Kier molecular flexibility index (Phi) is 6.17. The minimum absolute atomic E-state index is 0.150. The molecular formula is C20H23ClN4O2S. The molecule has 2 aromatic heterocycles. The van der Waals surface area contributed by atoms with Gasteiger partial charge in [0, 0.05) is 23.7 Å². The van der Waals surface area contributed by atoms with Crippen LogP contribution in [0.3, 0.4) is 0 Å². The van der Waals surface area contributed by atoms with Crippen LogP contribution in [0.2, 0.25) is 5.02 Å². The lowest BCUT2D eigenvalue weighted by Gasteiger charge is -2.20. The molecular weight excluding hydrogens is 396 g/mol. The fourth-order valence-corrected chi connectivity index (χ4v) is 4.41. The Bertz CT molecular complexity index is 1070. The molecule has 28 heavy (non-hydrogen) atoms. The summed E-state index contributed by atoms with van der Waals surface area (Å²) in [4.78, 5) is 33.0. The second kappa shape index (κ2) is 8.43. The molecule has 0 fully saturated rings. The first kappa shape index (κ1) is 20.5. The SMILES string of the molecule is CCN(CC)CCn1c(-c2ccc(Cl)cc2)nc2sc(C(N)=O)c(C)c2c1=O. The molecule has 0 aliphatic rings. The summed E-state index contributed by atoms with van der Waals surface area (Å²) in [5.41, 5.74) is 6.73. The Morgan fingerprint density at radius 3 is 2.46 bits per heavy atom. The number of primary amides is 1. The molecule has 0 saturated heterocycles. The number of halogens is 1. The first-order valence-electron chi connectivity index (χ1n) is 9.19. The molecule has 2 heterocycles. The zero-order valence-corrected chi connectivity index (χ0v) is 17.7. The van der Waals surface area contributed by atoms with Crippen molar-refractivity contribution in [1.29, 1.82) is 0 Å². The summed E-state index contributed by atoms with van der Waals surface area (Å²) < 4.78 is 1.69. The first-order valence-corrected chi connectivity index (χ1v) is 10.4. The van der Waals surface area contributed by atoms with E-state index < -0.39 is 5.91 Å². The van der Waals surface area contributed by atoms with Crippen LogP contribution in [0, 0.1) is 6.92 Å². The van der Waals surface area contributed by atoms with Crippen LogP contribution in [-0.2, 0) is 6.54 Å². The quantitative estimate of drug-likeness (QED) is 0.636. The third-order valence-electron chi connectivity index (χ3n) is 4.91. The normalized spacial score (nSPS) is 11.5. The van der Waals surface area contributed by atoms with E-state index in [1.54, 1.807) is 23.6 Å². The second-order valence-electron chi connectivity index (χ2n) is 6.53. The van der Waals surface area contributed by atoms with Crippen LogP contribution in [0.25, 0.3) is 21.6 Å². The Morgan fingerprint density at radius 2 is 1.89 bits per heavy atom. The van der Waals surface area contributed by atoms with Crippen molar-refractivity contribution in [3.63, 3.8) is 0 Å². The van der Waals surface area contributed by atoms with Crippen LogP contribution >= 0.6 is 22.9 Å². The lowest BCUT2D eigenvalue weighted by Crippen LogP contribution is -2.32. The van der Waals surface area contributed by atoms with Crippen LogP contribution in [-0.4, -0.2) is 40.0 Å². The molecule has 0 radical (unpaired) electrons. The highest BCUT2D eigenvalue weighted by molar-refractivity contribution is 7.20. The van der Waals surface area contributed by atoms with Gasteiger partial charge in [-0.15, -0.1) is 11.3 Å². The lowest BCUT2D eigenvalue weighted by atomic mass is 10.1. The van der Waals surface area contributed by atoms with Crippen molar-refractivity contribution in [2.45, 2.75) is 27.3 Å². The van der Waals surface area contributed by atoms with Crippen LogP contribution < -0.4 is 11.3 Å². The zero-order chi connectivity index (χ0) is 20.4. The van der Waals surface area contributed by atoms with Gasteiger partial charge in [0.1, 0.15) is 10.7 Å². The monoisotopic (exact) mass is 418 g/mol. The van der Waals surface area contributed by atoms with Gasteiger partial charge in [-0.1, -0.05) is 25.4 Å². The van der Waals surface area contributed by atoms with E-state index in [1.165, 1.54) is 0 Å². The number of hydrogen-bond donors (Lipinski definition) is 1. The van der Waals surface area contributed by atoms with Crippen molar-refractivity contribution in [2.75, 3.05) is 19.6 Å². The van der Waals surface area contributed by atoms with E-state index in [2.05, 4.69) is 18.7 Å². The Balaban J connectivity index is 2.23. The van der Waals surface area contributed by atoms with Gasteiger partial charge in [0.2, 0.25) is 0 Å². The van der Waals surface area contributed by atoms with Gasteiger partial charge in [-0.25, -0.2) is 4.98 Å². The van der Waals surface area contributed by atoms with Crippen molar-refractivity contribution in [1.82, 2.24) is 14.5 Å². The van der Waals surface area contributed by atoms with Gasteiger partial charge in [-0.3, -0.25) is 14.2 Å². The van der Waals surface area contributed by atoms with Gasteiger partial charge < -0.3 is 10.6 Å². The fraction of sp³-hybridized carbons (Fsp3) is 0.350. The summed E-state index contributed by atoms with van der Waals surface area (Å²) in [6.45, 7) is 8.97. The average molecular weight is 419 g/mol. The molecule has 1 aromatic carbocycles. The molecule has 0 unspecified atom stereocenters. The van der Waals surface area contributed by atoms with E-state index >= 15 is 0 Å². The van der Waals surface area contributed by atoms with E-state index in [0.717, 1.165) is 36.5 Å². The zero-order valence-electron chi connectivity index (χ0n) is 16.2. The highest BCUT2D eigenvalue weighted by Crippen LogP contribution is 2.29. The summed E-state index contributed by atoms with van der Waals surface area (Å²) in [5.74, 6) is 0.0289. The van der Waals surface area contributed by atoms with E-state index in [9.17, 15) is 9.59 Å². The molecule has 6 nitrogen and oxygen atoms in total. The first-order chi connectivity index (χ1) is 13.4. The number of hydrogen-bond acceptors (Lipinski definition) is 5. The number of fused-ring (bicyclic) bond motifs is 1. The van der Waals surface area contributed by atoms with Crippen molar-refractivity contribution in [3.8, 4) is 11.4 Å². The van der Waals surface area contributed by atoms with Crippen LogP contribution in [0.1, 0.15) is 29.1 Å². The molecule has 0 aliphatic carbocycles. The van der Waals surface area contributed by atoms with Gasteiger partial charge in [-0.05, 0) is 49.8 Å². The lowest BCUT2D eigenvalue weighted by molar-refractivity contribution is 0.100. The molecule has 0 spiro atoms. The van der Waals surface area contributed by atoms with Crippen molar-refractivity contribution >= 4 is 39.1 Å². The third-order valence-corrected chi connectivity index (χ3v) is 6.36. The molecule has 3 aromatic rings. The highest BCUT2D eigenvalue weighted by atomic mass is 35.5. The van der Waals surface area contributed by atoms with Gasteiger partial charge >= 0.3 is 0 Å². The van der Waals surface area contributed by atoms with Crippen molar-refractivity contribution < 1.29 is 4.79 Å². The molecule has 0 aliphatic heterocycles. The number of aromatic nitrogens is 2. The molecule has 148 valence electrons. The van der Waals surface area contributed by atoms with Crippen LogP contribution in [0.4, 0.5) is 0 Å². The largest absolute Gasteiger partial charge is 0.365 e. The minimum Gasteiger partial charge on any atom is -0.365 e. The number of nitrogens with two attached hydrogens (primary N) is 1. The van der Waals surface area contributed by atoms with Crippen molar-refractivity contribution in [3.05, 3.63) is 50.1 Å². The van der Waals surface area contributed by atoms with Crippen LogP contribution in [0.15, 0.2) is 29.1 Å². The maximum absolute atomic E-state index is 13.4. The van der Waals surface area contributed by atoms with E-state index in [1.807, 2.05) is 12.1 Å². The van der Waals surface area contributed by atoms with E-state index in [4.69, 9.17) is 22.3 Å². The van der Waals surface area contributed by atoms with Gasteiger partial charge in [0.05, 0.1) is 10.3 Å². The van der Waals surface area contributed by atoms with Gasteiger partial charge in [0.15, 0.2) is 0 Å². The molecule has 2 N–H and O–H groups in total. The topological polar surface area (TPSA) is 81.2 Å². The fourth-order valence-electron chi connectivity index (χ4n) is 3.26. The summed E-state index contributed by atoms with van der Waals surface area (Å²) in [5, 5.41) is 1.08. The summed E-state index contributed by atoms with van der Waals surface area (Å²) >= 11 is 7.18. The number of carbonyl (C=O) groups is 1. The average Bonchev–Trinajstić information content (AvgIpc) is 3.01. The molecule has 0 atom stereocenters. The number of thiophene rings is 1. The molecule has 8 heteroatoms. The minimum atomic E-state index is -0.539. The Labute approximate surface area is 172 Å². The third kappa shape index (κ3) is 3.83. The summed E-state index contributed by atoms with van der Waals surface area (Å²) in [7, 11) is 0. The standard InChI is InChI=1S/C20H23ClN4O2S/c1-4-24(5-2)10-11-25-18(13-6-8-14(21)9-7-13)23-19-15(20(25)27)12(3)16(28-19)17(22)26/h6-9H,4-5,10-11H2,1-3H3,(H2,22,26). The van der Waals surface area contributed by atoms with Gasteiger partial charge in [-0.2, -0.15) is 0 Å². The van der Waals surface area contributed by atoms with E-state index in [0.29, 0.717) is 38.0 Å². The summed E-state index contributed by atoms with van der Waals surface area (Å²) in [6, 6.07) is 7.24. The number of nitrogens with zero attached hydrogens (tertiary/aromatic N) is 3. The predicted octanol–water partition coefficient (Wildman–Crippen LogP) is 3.53. The number of amides is 1. The molecule has 0 bridgehead atoms. The van der Waals surface area contributed by atoms with E-state index in [-0.39, 0.29) is 5.56 Å². The maximum Gasteiger partial charge on any atom is 0.262 e. The number of carbonyl (C=O) groups excluding carboxylic acids is 1. The number of benzene rings is 1. The predicted molar refractivity (Wildman–Crippen MR) is 115 cm³/mol. The number of aryl methyl sites for hydroxylation is 1. The van der Waals surface area contributed by atoms with Gasteiger partial charge in [0.25, 0.3) is 11.5 Å². The number of likely N-dealkylation sites (N-methyl/N-ethyl adjacent to an activating group) is 1. The van der Waals surface area contributed by atoms with Crippen molar-refractivity contribution in [2.24, 2.45) is 5.73 Å². The molecule has 1 amide bonds. The smallest absolute Gasteiger partial charge is 0.262 e. The Morgan fingerprint density at radius 1 is 1.25 bits per heavy atom. The van der Waals surface area contributed by atoms with Crippen LogP contribution in [0.5, 0.6) is 0 Å². The summed E-state index contributed by atoms with van der Waals surface area (Å²) in [6.07, 6.45) is 0. The highest BCUT2D eigenvalue weighted by Gasteiger charge is 2.21. The second-order valence-corrected chi connectivity index (χ2v) is 7.96. The maximum atomic E-state index is 13.4. The molecule has 0 saturated carbocycles. The Hall–Kier alpha value is -2.22.